The molecule has 0 saturated carbocycles. The molecule has 7 nitrogen and oxygen atoms in total. The predicted octanol–water partition coefficient (Wildman–Crippen LogP) is 5.30. The summed E-state index contributed by atoms with van der Waals surface area (Å²) in [5, 5.41) is 16.6. The molecule has 0 aliphatic heterocycles. The Balaban J connectivity index is 1.57. The summed E-state index contributed by atoms with van der Waals surface area (Å²) in [4.78, 5) is 17.1. The molecule has 0 radical (unpaired) electrons. The molecular formula is C23H18ClN3O4S. The Kier molecular flexibility index (Phi) is 5.98. The van der Waals surface area contributed by atoms with Crippen LogP contribution in [0, 0.1) is 6.92 Å². The Hall–Kier alpha value is -3.62. The largest absolute Gasteiger partial charge is 0.507 e. The first-order valence-electron chi connectivity index (χ1n) is 9.51. The zero-order valence-electron chi connectivity index (χ0n) is 17.1. The standard InChI is InChI=1S/C23H18ClN3O4S/c1-12-9-14(11-16(20(12)28)22-26-17-5-3-4-6-19(17)31-22)25-23(32)27-21(29)15-10-13(24)7-8-18(15)30-2/h3-11,28H,1-2H3,(H2,25,27,29,32). The lowest BCUT2D eigenvalue weighted by Gasteiger charge is -2.14. The number of aryl methyl sites for hydroxylation is 1. The summed E-state index contributed by atoms with van der Waals surface area (Å²) in [5.41, 5.74) is 3.05. The fourth-order valence-electron chi connectivity index (χ4n) is 3.19. The zero-order chi connectivity index (χ0) is 22.8. The molecule has 1 heterocycles. The number of aromatic hydroxyl groups is 1. The van der Waals surface area contributed by atoms with Gasteiger partial charge in [0.25, 0.3) is 5.91 Å². The van der Waals surface area contributed by atoms with Crippen molar-refractivity contribution in [2.24, 2.45) is 0 Å². The molecule has 1 aromatic heterocycles. The van der Waals surface area contributed by atoms with Gasteiger partial charge in [0, 0.05) is 10.7 Å². The van der Waals surface area contributed by atoms with Gasteiger partial charge in [-0.2, -0.15) is 0 Å². The highest BCUT2D eigenvalue weighted by molar-refractivity contribution is 7.80. The Bertz CT molecular complexity index is 1320. The van der Waals surface area contributed by atoms with Gasteiger partial charge >= 0.3 is 0 Å². The van der Waals surface area contributed by atoms with Gasteiger partial charge in [-0.05, 0) is 67.2 Å². The van der Waals surface area contributed by atoms with Crippen molar-refractivity contribution in [3.05, 3.63) is 70.7 Å². The fourth-order valence-corrected chi connectivity index (χ4v) is 3.58. The van der Waals surface area contributed by atoms with Crippen LogP contribution in [0.2, 0.25) is 5.02 Å². The molecule has 0 fully saturated rings. The Morgan fingerprint density at radius 3 is 2.72 bits per heavy atom. The number of thiocarbonyl (C=S) groups is 1. The molecule has 0 aliphatic carbocycles. The Labute approximate surface area is 194 Å². The molecule has 3 aromatic carbocycles. The number of nitrogens with one attached hydrogen (secondary N) is 2. The maximum Gasteiger partial charge on any atom is 0.261 e. The van der Waals surface area contributed by atoms with Crippen LogP contribution in [-0.2, 0) is 0 Å². The highest BCUT2D eigenvalue weighted by Crippen LogP contribution is 2.36. The van der Waals surface area contributed by atoms with Gasteiger partial charge in [0.1, 0.15) is 17.0 Å². The van der Waals surface area contributed by atoms with Crippen LogP contribution in [0.1, 0.15) is 15.9 Å². The lowest BCUT2D eigenvalue weighted by molar-refractivity contribution is 0.0974. The summed E-state index contributed by atoms with van der Waals surface area (Å²) >= 11 is 11.3. The van der Waals surface area contributed by atoms with Gasteiger partial charge in [0.2, 0.25) is 5.89 Å². The monoisotopic (exact) mass is 467 g/mol. The molecule has 32 heavy (non-hydrogen) atoms. The second-order valence-corrected chi connectivity index (χ2v) is 7.77. The van der Waals surface area contributed by atoms with Gasteiger partial charge in [0.05, 0.1) is 18.2 Å². The predicted molar refractivity (Wildman–Crippen MR) is 128 cm³/mol. The van der Waals surface area contributed by atoms with Crippen molar-refractivity contribution in [3.8, 4) is 23.0 Å². The molecule has 1 amide bonds. The first-order valence-corrected chi connectivity index (χ1v) is 10.3. The third-order valence-corrected chi connectivity index (χ3v) is 5.16. The number of para-hydroxylation sites is 2. The van der Waals surface area contributed by atoms with Gasteiger partial charge < -0.3 is 19.6 Å². The number of ether oxygens (including phenoxy) is 1. The molecule has 0 saturated heterocycles. The van der Waals surface area contributed by atoms with Gasteiger partial charge in [-0.3, -0.25) is 10.1 Å². The van der Waals surface area contributed by atoms with Crippen molar-refractivity contribution in [2.45, 2.75) is 6.92 Å². The molecule has 9 heteroatoms. The lowest BCUT2D eigenvalue weighted by atomic mass is 10.1. The number of halogens is 1. The van der Waals surface area contributed by atoms with Crippen LogP contribution in [0.25, 0.3) is 22.6 Å². The number of phenolic OH excluding ortho intramolecular Hbond substituents is 1. The smallest absolute Gasteiger partial charge is 0.261 e. The quantitative estimate of drug-likeness (QED) is 0.277. The summed E-state index contributed by atoms with van der Waals surface area (Å²) in [5.74, 6) is 0.208. The molecule has 3 N–H and O–H groups in total. The number of carbonyl (C=O) groups excluding carboxylic acids is 1. The number of carbonyl (C=O) groups is 1. The molecule has 0 bridgehead atoms. The lowest BCUT2D eigenvalue weighted by Crippen LogP contribution is -2.34. The van der Waals surface area contributed by atoms with Crippen molar-refractivity contribution in [1.29, 1.82) is 0 Å². The molecule has 0 unspecified atom stereocenters. The van der Waals surface area contributed by atoms with E-state index < -0.39 is 5.91 Å². The summed E-state index contributed by atoms with van der Waals surface area (Å²) in [6.45, 7) is 1.74. The number of methoxy groups -OCH3 is 1. The van der Waals surface area contributed by atoms with Crippen LogP contribution in [0.15, 0.2) is 59.0 Å². The van der Waals surface area contributed by atoms with Crippen LogP contribution in [0.3, 0.4) is 0 Å². The summed E-state index contributed by atoms with van der Waals surface area (Å²) in [6.07, 6.45) is 0. The normalized spacial score (nSPS) is 10.7. The summed E-state index contributed by atoms with van der Waals surface area (Å²) in [6, 6.07) is 15.4. The first-order chi connectivity index (χ1) is 15.4. The van der Waals surface area contributed by atoms with E-state index in [4.69, 9.17) is 33.0 Å². The topological polar surface area (TPSA) is 96.6 Å². The van der Waals surface area contributed by atoms with Crippen molar-refractivity contribution in [2.75, 3.05) is 12.4 Å². The number of hydrogen-bond donors (Lipinski definition) is 3. The van der Waals surface area contributed by atoms with Crippen molar-refractivity contribution < 1.29 is 19.1 Å². The minimum Gasteiger partial charge on any atom is -0.507 e. The third-order valence-electron chi connectivity index (χ3n) is 4.72. The second kappa shape index (κ2) is 8.86. The summed E-state index contributed by atoms with van der Waals surface area (Å²) < 4.78 is 11.0. The van der Waals surface area contributed by atoms with E-state index >= 15 is 0 Å². The van der Waals surface area contributed by atoms with Crippen molar-refractivity contribution in [1.82, 2.24) is 10.3 Å². The molecule has 4 rings (SSSR count). The van der Waals surface area contributed by atoms with Crippen LogP contribution >= 0.6 is 23.8 Å². The average Bonchev–Trinajstić information content (AvgIpc) is 3.20. The van der Waals surface area contributed by atoms with Crippen molar-refractivity contribution in [3.63, 3.8) is 0 Å². The minimum absolute atomic E-state index is 0.0423. The van der Waals surface area contributed by atoms with E-state index in [1.807, 2.05) is 18.2 Å². The molecule has 162 valence electrons. The number of rotatable bonds is 4. The number of oxazole rings is 1. The molecule has 0 aliphatic rings. The summed E-state index contributed by atoms with van der Waals surface area (Å²) in [7, 11) is 1.46. The first kappa shape index (κ1) is 21.6. The van der Waals surface area contributed by atoms with Crippen LogP contribution in [0.5, 0.6) is 11.5 Å². The number of fused-ring (bicyclic) bond motifs is 1. The number of benzene rings is 3. The third kappa shape index (κ3) is 4.37. The van der Waals surface area contributed by atoms with Gasteiger partial charge in [-0.1, -0.05) is 23.7 Å². The fraction of sp³-hybridized carbons (Fsp3) is 0.0870. The van der Waals surface area contributed by atoms with Gasteiger partial charge in [0.15, 0.2) is 10.7 Å². The highest BCUT2D eigenvalue weighted by Gasteiger charge is 2.17. The molecule has 0 spiro atoms. The van der Waals surface area contributed by atoms with Crippen LogP contribution in [-0.4, -0.2) is 28.2 Å². The number of aromatic nitrogens is 1. The second-order valence-electron chi connectivity index (χ2n) is 6.93. The van der Waals surface area contributed by atoms with Crippen LogP contribution < -0.4 is 15.4 Å². The molecular weight excluding hydrogens is 450 g/mol. The van der Waals surface area contributed by atoms with E-state index in [0.717, 1.165) is 0 Å². The van der Waals surface area contributed by atoms with Gasteiger partial charge in [-0.25, -0.2) is 4.98 Å². The number of hydrogen-bond acceptors (Lipinski definition) is 6. The number of amides is 1. The van der Waals surface area contributed by atoms with E-state index in [1.165, 1.54) is 13.2 Å². The van der Waals surface area contributed by atoms with E-state index in [-0.39, 0.29) is 22.3 Å². The highest BCUT2D eigenvalue weighted by atomic mass is 35.5. The Morgan fingerprint density at radius 2 is 1.97 bits per heavy atom. The van der Waals surface area contributed by atoms with E-state index in [9.17, 15) is 9.90 Å². The van der Waals surface area contributed by atoms with Crippen molar-refractivity contribution >= 4 is 51.6 Å². The number of nitrogens with zero attached hydrogens (tertiary/aromatic N) is 1. The van der Waals surface area contributed by atoms with Gasteiger partial charge in [-0.15, -0.1) is 0 Å². The van der Waals surface area contributed by atoms with E-state index in [0.29, 0.717) is 38.7 Å². The molecule has 4 aromatic rings. The average molecular weight is 468 g/mol. The maximum atomic E-state index is 12.6. The Morgan fingerprint density at radius 1 is 1.19 bits per heavy atom. The minimum atomic E-state index is -0.475. The molecule has 0 atom stereocenters. The number of phenols is 1. The zero-order valence-corrected chi connectivity index (χ0v) is 18.7. The maximum absolute atomic E-state index is 12.6. The number of anilines is 1. The SMILES string of the molecule is COc1ccc(Cl)cc1C(=O)NC(=S)Nc1cc(C)c(O)c(-c2nc3ccccc3o2)c1. The van der Waals surface area contributed by atoms with Crippen LogP contribution in [0.4, 0.5) is 5.69 Å². The van der Waals surface area contributed by atoms with E-state index in [2.05, 4.69) is 15.6 Å². The van der Waals surface area contributed by atoms with E-state index in [1.54, 1.807) is 37.3 Å².